The van der Waals surface area contributed by atoms with E-state index in [2.05, 4.69) is 32.6 Å². The molecule has 0 aliphatic carbocycles. The average molecular weight is 351 g/mol. The molecule has 1 heterocycles. The lowest BCUT2D eigenvalue weighted by molar-refractivity contribution is -0.921. The van der Waals surface area contributed by atoms with E-state index in [4.69, 9.17) is 0 Å². The zero-order valence-corrected chi connectivity index (χ0v) is 16.5. The molecule has 0 aromatic heterocycles. The first-order valence-corrected chi connectivity index (χ1v) is 10.9. The van der Waals surface area contributed by atoms with Gasteiger partial charge in [-0.1, -0.05) is 6.42 Å². The smallest absolute Gasteiger partial charge is 0.0945 e. The van der Waals surface area contributed by atoms with Gasteiger partial charge in [-0.2, -0.15) is 0 Å². The number of likely N-dealkylation sites (tertiary alicyclic amines) is 1. The summed E-state index contributed by atoms with van der Waals surface area (Å²) in [7, 11) is -4.00. The molecule has 0 bridgehead atoms. The number of quaternary nitrogens is 1. The van der Waals surface area contributed by atoms with Crippen molar-refractivity contribution in [2.24, 2.45) is 0 Å². The van der Waals surface area contributed by atoms with E-state index in [-0.39, 0.29) is 5.75 Å². The first-order chi connectivity index (χ1) is 10.8. The van der Waals surface area contributed by atoms with Crippen LogP contribution in [0.2, 0.25) is 0 Å². The SMILES string of the molecule is CC[N+](CC)(CC)CC.O=S(=O)([O-])CCCCN1CCCCC1. The standard InChI is InChI=1S/C9H19NO3S.C8H20N/c11-14(12,13)9-5-4-8-10-6-2-1-3-7-10;1-5-9(6-2,7-3)8-4/h1-9H2,(H,11,12,13);5-8H2,1-4H3/q;+1/p-1. The molecule has 1 rings (SSSR count). The van der Waals surface area contributed by atoms with Crippen LogP contribution in [0.5, 0.6) is 0 Å². The van der Waals surface area contributed by atoms with Gasteiger partial charge in [0, 0.05) is 5.75 Å². The first kappa shape index (κ1) is 22.8. The number of nitrogens with zero attached hydrogens (tertiary/aromatic N) is 2. The van der Waals surface area contributed by atoms with Crippen molar-refractivity contribution >= 4 is 10.1 Å². The van der Waals surface area contributed by atoms with Crippen LogP contribution in [0.3, 0.4) is 0 Å². The maximum Gasteiger partial charge on any atom is 0.0945 e. The minimum Gasteiger partial charge on any atom is -0.748 e. The molecule has 5 nitrogen and oxygen atoms in total. The number of hydrogen-bond donors (Lipinski definition) is 0. The number of rotatable bonds is 9. The molecule has 0 spiro atoms. The van der Waals surface area contributed by atoms with Crippen LogP contribution in [0.15, 0.2) is 0 Å². The topological polar surface area (TPSA) is 60.4 Å². The molecule has 0 amide bonds. The fourth-order valence-corrected chi connectivity index (χ4v) is 3.70. The van der Waals surface area contributed by atoms with Crippen LogP contribution in [-0.2, 0) is 10.1 Å². The van der Waals surface area contributed by atoms with Crippen LogP contribution in [0.25, 0.3) is 0 Å². The van der Waals surface area contributed by atoms with Gasteiger partial charge in [-0.25, -0.2) is 8.42 Å². The molecule has 1 aliphatic heterocycles. The van der Waals surface area contributed by atoms with E-state index < -0.39 is 10.1 Å². The Morgan fingerprint density at radius 2 is 1.35 bits per heavy atom. The molecule has 0 aromatic carbocycles. The van der Waals surface area contributed by atoms with Gasteiger partial charge in [-0.05, 0) is 73.0 Å². The Labute approximate surface area is 144 Å². The van der Waals surface area contributed by atoms with E-state index in [1.54, 1.807) is 0 Å². The molecule has 0 unspecified atom stereocenters. The van der Waals surface area contributed by atoms with Gasteiger partial charge in [-0.3, -0.25) is 0 Å². The summed E-state index contributed by atoms with van der Waals surface area (Å²) in [5, 5.41) is 0. The van der Waals surface area contributed by atoms with Gasteiger partial charge in [0.2, 0.25) is 0 Å². The van der Waals surface area contributed by atoms with Gasteiger partial charge in [0.15, 0.2) is 0 Å². The van der Waals surface area contributed by atoms with E-state index in [9.17, 15) is 13.0 Å². The van der Waals surface area contributed by atoms with Gasteiger partial charge in [0.25, 0.3) is 0 Å². The molecular formula is C17H38N2O3S. The van der Waals surface area contributed by atoms with E-state index in [0.717, 1.165) is 26.1 Å². The molecule has 6 heteroatoms. The number of piperidine rings is 1. The van der Waals surface area contributed by atoms with Crippen molar-refractivity contribution in [1.29, 1.82) is 0 Å². The van der Waals surface area contributed by atoms with Crippen LogP contribution in [-0.4, -0.2) is 73.9 Å². The van der Waals surface area contributed by atoms with Crippen molar-refractivity contribution < 1.29 is 17.5 Å². The van der Waals surface area contributed by atoms with Gasteiger partial charge in [0.1, 0.15) is 0 Å². The average Bonchev–Trinajstić information content (AvgIpc) is 2.55. The summed E-state index contributed by atoms with van der Waals surface area (Å²) in [6, 6.07) is 0. The van der Waals surface area contributed by atoms with E-state index >= 15 is 0 Å². The van der Waals surface area contributed by atoms with Gasteiger partial charge in [-0.15, -0.1) is 0 Å². The van der Waals surface area contributed by atoms with Crippen molar-refractivity contribution in [3.8, 4) is 0 Å². The van der Waals surface area contributed by atoms with Crippen LogP contribution in [0, 0.1) is 0 Å². The Balaban J connectivity index is 0.000000468. The number of unbranched alkanes of at least 4 members (excludes halogenated alkanes) is 1. The van der Waals surface area contributed by atoms with E-state index in [1.165, 1.54) is 49.9 Å². The second-order valence-corrected chi connectivity index (χ2v) is 8.00. The van der Waals surface area contributed by atoms with Crippen molar-refractivity contribution in [3.63, 3.8) is 0 Å². The summed E-state index contributed by atoms with van der Waals surface area (Å²) in [4.78, 5) is 2.35. The summed E-state index contributed by atoms with van der Waals surface area (Å²) >= 11 is 0. The third-order valence-corrected chi connectivity index (χ3v) is 6.04. The summed E-state index contributed by atoms with van der Waals surface area (Å²) in [5.41, 5.74) is 0. The van der Waals surface area contributed by atoms with Gasteiger partial charge < -0.3 is 13.9 Å². The normalized spacial score (nSPS) is 16.7. The molecule has 0 saturated carbocycles. The lowest BCUT2D eigenvalue weighted by Gasteiger charge is -2.34. The van der Waals surface area contributed by atoms with Crippen molar-refractivity contribution in [2.75, 3.05) is 51.6 Å². The van der Waals surface area contributed by atoms with Gasteiger partial charge >= 0.3 is 0 Å². The lowest BCUT2D eigenvalue weighted by atomic mass is 10.1. The second-order valence-electron chi connectivity index (χ2n) is 6.48. The Bertz CT molecular complexity index is 358. The number of hydrogen-bond acceptors (Lipinski definition) is 4. The van der Waals surface area contributed by atoms with Gasteiger partial charge in [0.05, 0.1) is 36.3 Å². The molecule has 0 radical (unpaired) electrons. The summed E-state index contributed by atoms with van der Waals surface area (Å²) in [5.74, 6) is -0.208. The minimum atomic E-state index is -4.00. The Morgan fingerprint density at radius 1 is 0.870 bits per heavy atom. The molecule has 0 atom stereocenters. The first-order valence-electron chi connectivity index (χ1n) is 9.33. The van der Waals surface area contributed by atoms with Crippen molar-refractivity contribution in [1.82, 2.24) is 4.90 Å². The largest absolute Gasteiger partial charge is 0.748 e. The molecule has 0 aromatic rings. The third kappa shape index (κ3) is 11.1. The van der Waals surface area contributed by atoms with Crippen LogP contribution < -0.4 is 0 Å². The minimum absolute atomic E-state index is 0.208. The maximum absolute atomic E-state index is 10.3. The zero-order valence-electron chi connectivity index (χ0n) is 15.7. The molecule has 1 saturated heterocycles. The maximum atomic E-state index is 10.3. The van der Waals surface area contributed by atoms with Crippen molar-refractivity contribution in [2.45, 2.75) is 59.8 Å². The fourth-order valence-electron chi connectivity index (χ4n) is 3.14. The summed E-state index contributed by atoms with van der Waals surface area (Å²) < 4.78 is 32.2. The molecular weight excluding hydrogens is 312 g/mol. The quantitative estimate of drug-likeness (QED) is 0.364. The van der Waals surface area contributed by atoms with Crippen LogP contribution in [0.4, 0.5) is 0 Å². The summed E-state index contributed by atoms with van der Waals surface area (Å²) in [6.45, 7) is 17.4. The predicted molar refractivity (Wildman–Crippen MR) is 96.5 cm³/mol. The highest BCUT2D eigenvalue weighted by Crippen LogP contribution is 2.09. The zero-order chi connectivity index (χ0) is 17.8. The Hall–Kier alpha value is -0.170. The molecule has 1 aliphatic rings. The van der Waals surface area contributed by atoms with E-state index in [0.29, 0.717) is 6.42 Å². The molecule has 1 fully saturated rings. The predicted octanol–water partition coefficient (Wildman–Crippen LogP) is 2.68. The van der Waals surface area contributed by atoms with Crippen LogP contribution in [0.1, 0.15) is 59.8 Å². The summed E-state index contributed by atoms with van der Waals surface area (Å²) in [6.07, 6.45) is 5.13. The Morgan fingerprint density at radius 3 is 1.70 bits per heavy atom. The molecule has 140 valence electrons. The Kier molecular flexibility index (Phi) is 12.1. The third-order valence-electron chi connectivity index (χ3n) is 5.25. The highest BCUT2D eigenvalue weighted by Gasteiger charge is 2.16. The monoisotopic (exact) mass is 350 g/mol. The highest BCUT2D eigenvalue weighted by molar-refractivity contribution is 7.85. The molecule has 0 N–H and O–H groups in total. The van der Waals surface area contributed by atoms with Crippen molar-refractivity contribution in [3.05, 3.63) is 0 Å². The highest BCUT2D eigenvalue weighted by atomic mass is 32.2. The van der Waals surface area contributed by atoms with E-state index in [1.807, 2.05) is 0 Å². The molecule has 23 heavy (non-hydrogen) atoms. The fraction of sp³-hybridized carbons (Fsp3) is 1.00. The van der Waals surface area contributed by atoms with Crippen LogP contribution >= 0.6 is 0 Å². The lowest BCUT2D eigenvalue weighted by Crippen LogP contribution is -2.47. The second kappa shape index (κ2) is 12.2.